The van der Waals surface area contributed by atoms with Gasteiger partial charge in [0.25, 0.3) is 0 Å². The smallest absolute Gasteiger partial charge is 0.145 e. The Morgan fingerprint density at radius 3 is 2.52 bits per heavy atom. The number of aromatic nitrogens is 2. The number of fused-ring (bicyclic) bond motifs is 6. The third-order valence-corrected chi connectivity index (χ3v) is 4.03. The highest BCUT2D eigenvalue weighted by molar-refractivity contribution is 6.12. The first-order chi connectivity index (χ1) is 11.3. The van der Waals surface area contributed by atoms with E-state index in [1.54, 1.807) is 25.4 Å². The van der Waals surface area contributed by atoms with Crippen LogP contribution in [-0.4, -0.2) is 16.5 Å². The normalized spacial score (nSPS) is 10.7. The van der Waals surface area contributed by atoms with E-state index in [0.717, 1.165) is 33.1 Å². The van der Waals surface area contributed by atoms with Gasteiger partial charge in [-0.1, -0.05) is 0 Å². The Morgan fingerprint density at radius 2 is 1.78 bits per heavy atom. The molecule has 0 fully saturated rings. The van der Waals surface area contributed by atoms with Gasteiger partial charge in [0.1, 0.15) is 23.5 Å². The Balaban J connectivity index is 2.31. The summed E-state index contributed by atoms with van der Waals surface area (Å²) < 4.78 is 7.24. The summed E-state index contributed by atoms with van der Waals surface area (Å²) in [5.74, 6) is 0.746. The summed E-state index contributed by atoms with van der Waals surface area (Å²) in [6, 6.07) is 13.5. The van der Waals surface area contributed by atoms with Crippen LogP contribution in [-0.2, 0) is 0 Å². The molecule has 108 valence electrons. The van der Waals surface area contributed by atoms with Crippen LogP contribution in [0.1, 0.15) is 11.1 Å². The number of ether oxygens (including phenoxy) is 1. The average molecular weight is 298 g/mol. The number of pyridine rings is 1. The lowest BCUT2D eigenvalue weighted by molar-refractivity contribution is 0.415. The van der Waals surface area contributed by atoms with Crippen LogP contribution >= 0.6 is 0 Å². The number of hydrogen-bond acceptors (Lipinski definition) is 4. The molecule has 4 rings (SSSR count). The minimum atomic E-state index is 0.364. The van der Waals surface area contributed by atoms with Gasteiger partial charge in [0.2, 0.25) is 0 Å². The van der Waals surface area contributed by atoms with Crippen molar-refractivity contribution in [1.29, 1.82) is 10.5 Å². The molecule has 2 aromatic carbocycles. The summed E-state index contributed by atoms with van der Waals surface area (Å²) in [5.41, 5.74) is 2.38. The number of methoxy groups -OCH3 is 1. The second-order valence-electron chi connectivity index (χ2n) is 5.17. The van der Waals surface area contributed by atoms with Crippen LogP contribution in [0.4, 0.5) is 0 Å². The van der Waals surface area contributed by atoms with Crippen molar-refractivity contribution in [2.24, 2.45) is 0 Å². The van der Waals surface area contributed by atoms with Crippen LogP contribution in [0, 0.1) is 22.7 Å². The zero-order chi connectivity index (χ0) is 16.0. The quantitative estimate of drug-likeness (QED) is 0.505. The number of nitriles is 2. The van der Waals surface area contributed by atoms with Gasteiger partial charge in [0.05, 0.1) is 23.8 Å². The van der Waals surface area contributed by atoms with E-state index in [9.17, 15) is 10.5 Å². The van der Waals surface area contributed by atoms with Gasteiger partial charge in [-0.15, -0.1) is 0 Å². The molecule has 0 saturated carbocycles. The SMILES string of the molecule is COc1ccc2c3cc(C#N)c(C#N)cc3n3ccnc3c2c1. The molecule has 0 aliphatic carbocycles. The van der Waals surface area contributed by atoms with Crippen molar-refractivity contribution in [2.75, 3.05) is 7.11 Å². The monoisotopic (exact) mass is 298 g/mol. The molecule has 0 spiro atoms. The summed E-state index contributed by atoms with van der Waals surface area (Å²) in [6.45, 7) is 0. The maximum atomic E-state index is 9.30. The molecule has 0 bridgehead atoms. The van der Waals surface area contributed by atoms with Gasteiger partial charge in [-0.3, -0.25) is 4.40 Å². The van der Waals surface area contributed by atoms with Gasteiger partial charge in [0, 0.05) is 23.2 Å². The van der Waals surface area contributed by atoms with Gasteiger partial charge in [-0.25, -0.2) is 4.98 Å². The number of imidazole rings is 1. The Labute approximate surface area is 131 Å². The number of rotatable bonds is 1. The maximum Gasteiger partial charge on any atom is 0.145 e. The predicted molar refractivity (Wildman–Crippen MR) is 86.2 cm³/mol. The fourth-order valence-corrected chi connectivity index (χ4v) is 2.96. The van der Waals surface area contributed by atoms with E-state index in [1.807, 2.05) is 28.8 Å². The maximum absolute atomic E-state index is 9.30. The molecule has 0 amide bonds. The van der Waals surface area contributed by atoms with Crippen LogP contribution in [0.3, 0.4) is 0 Å². The van der Waals surface area contributed by atoms with Crippen molar-refractivity contribution in [3.8, 4) is 17.9 Å². The number of hydrogen-bond donors (Lipinski definition) is 0. The highest BCUT2D eigenvalue weighted by Crippen LogP contribution is 2.32. The van der Waals surface area contributed by atoms with Gasteiger partial charge in [-0.05, 0) is 35.7 Å². The molecule has 0 atom stereocenters. The van der Waals surface area contributed by atoms with E-state index >= 15 is 0 Å². The van der Waals surface area contributed by atoms with Crippen molar-refractivity contribution in [1.82, 2.24) is 9.38 Å². The molecule has 0 radical (unpaired) electrons. The van der Waals surface area contributed by atoms with E-state index in [-0.39, 0.29) is 0 Å². The minimum absolute atomic E-state index is 0.364. The largest absolute Gasteiger partial charge is 0.497 e. The number of benzene rings is 2. The first-order valence-electron chi connectivity index (χ1n) is 6.97. The summed E-state index contributed by atoms with van der Waals surface area (Å²) in [6.07, 6.45) is 3.57. The highest BCUT2D eigenvalue weighted by atomic mass is 16.5. The molecule has 0 aliphatic heterocycles. The molecule has 2 aromatic heterocycles. The van der Waals surface area contributed by atoms with Crippen molar-refractivity contribution in [3.63, 3.8) is 0 Å². The first-order valence-corrected chi connectivity index (χ1v) is 6.97. The van der Waals surface area contributed by atoms with Gasteiger partial charge in [-0.2, -0.15) is 10.5 Å². The first kappa shape index (κ1) is 13.1. The topological polar surface area (TPSA) is 74.1 Å². The van der Waals surface area contributed by atoms with Crippen molar-refractivity contribution in [2.45, 2.75) is 0 Å². The second-order valence-corrected chi connectivity index (χ2v) is 5.17. The van der Waals surface area contributed by atoms with Gasteiger partial charge in [0.15, 0.2) is 0 Å². The van der Waals surface area contributed by atoms with E-state index < -0.39 is 0 Å². The standard InChI is InChI=1S/C18H10N4O/c1-23-13-2-3-14-15-6-11(9-19)12(10-20)7-17(15)22-5-4-21-18(22)16(14)8-13/h2-8H,1H3. The van der Waals surface area contributed by atoms with E-state index in [0.29, 0.717) is 11.1 Å². The van der Waals surface area contributed by atoms with Crippen LogP contribution < -0.4 is 4.74 Å². The Morgan fingerprint density at radius 1 is 1.00 bits per heavy atom. The molecule has 0 saturated heterocycles. The van der Waals surface area contributed by atoms with Gasteiger partial charge >= 0.3 is 0 Å². The van der Waals surface area contributed by atoms with E-state index in [1.165, 1.54) is 0 Å². The Hall–Kier alpha value is -3.57. The average Bonchev–Trinajstić information content (AvgIpc) is 3.10. The third-order valence-electron chi connectivity index (χ3n) is 4.03. The lowest BCUT2D eigenvalue weighted by Gasteiger charge is -2.10. The molecule has 0 aliphatic rings. The molecule has 5 heteroatoms. The summed E-state index contributed by atoms with van der Waals surface area (Å²) in [7, 11) is 1.62. The predicted octanol–water partition coefficient (Wildman–Crippen LogP) is 3.39. The van der Waals surface area contributed by atoms with Crippen LogP contribution in [0.2, 0.25) is 0 Å². The van der Waals surface area contributed by atoms with Crippen molar-refractivity contribution < 1.29 is 4.74 Å². The lowest BCUT2D eigenvalue weighted by Crippen LogP contribution is -1.94. The zero-order valence-electron chi connectivity index (χ0n) is 12.2. The summed E-state index contributed by atoms with van der Waals surface area (Å²) in [5, 5.41) is 21.4. The summed E-state index contributed by atoms with van der Waals surface area (Å²) in [4.78, 5) is 4.43. The van der Waals surface area contributed by atoms with Crippen LogP contribution in [0.5, 0.6) is 5.75 Å². The van der Waals surface area contributed by atoms with E-state index in [4.69, 9.17) is 4.74 Å². The molecule has 4 aromatic rings. The Bertz CT molecular complexity index is 1180. The minimum Gasteiger partial charge on any atom is -0.497 e. The summed E-state index contributed by atoms with van der Waals surface area (Å²) >= 11 is 0. The highest BCUT2D eigenvalue weighted by Gasteiger charge is 2.13. The van der Waals surface area contributed by atoms with Crippen LogP contribution in [0.15, 0.2) is 42.7 Å². The molecular weight excluding hydrogens is 288 g/mol. The Kier molecular flexibility index (Phi) is 2.69. The second kappa shape index (κ2) is 4.72. The zero-order valence-corrected chi connectivity index (χ0v) is 12.2. The molecule has 5 nitrogen and oxygen atoms in total. The van der Waals surface area contributed by atoms with Crippen molar-refractivity contribution in [3.05, 3.63) is 53.9 Å². The molecular formula is C18H10N4O. The lowest BCUT2D eigenvalue weighted by atomic mass is 10.0. The van der Waals surface area contributed by atoms with Crippen molar-refractivity contribution >= 4 is 27.3 Å². The fourth-order valence-electron chi connectivity index (χ4n) is 2.96. The molecule has 0 unspecified atom stereocenters. The molecule has 23 heavy (non-hydrogen) atoms. The van der Waals surface area contributed by atoms with E-state index in [2.05, 4.69) is 17.1 Å². The third kappa shape index (κ3) is 1.74. The number of nitrogens with zero attached hydrogens (tertiary/aromatic N) is 4. The van der Waals surface area contributed by atoms with Gasteiger partial charge < -0.3 is 4.74 Å². The molecule has 0 N–H and O–H groups in total. The fraction of sp³-hybridized carbons (Fsp3) is 0.0556. The van der Waals surface area contributed by atoms with Crippen LogP contribution in [0.25, 0.3) is 27.3 Å². The molecule has 2 heterocycles.